The second-order valence-electron chi connectivity index (χ2n) is 2.90. The molecule has 0 aliphatic carbocycles. The molecule has 4 nitrogen and oxygen atoms in total. The van der Waals surface area contributed by atoms with Crippen molar-refractivity contribution in [1.29, 1.82) is 0 Å². The summed E-state index contributed by atoms with van der Waals surface area (Å²) in [5.74, 6) is -0.583. The van der Waals surface area contributed by atoms with Gasteiger partial charge in [0.2, 0.25) is 5.78 Å². The standard InChI is InChI=1S/C10H8ClNO3/c1-7(13)10(12(14)15)6-8-3-2-4-9(11)5-8/h2-6H,1H3/b10-6-. The number of carbonyl (C=O) groups is 1. The van der Waals surface area contributed by atoms with Crippen molar-refractivity contribution >= 4 is 23.5 Å². The lowest BCUT2D eigenvalue weighted by atomic mass is 10.1. The molecule has 0 unspecified atom stereocenters. The van der Waals surface area contributed by atoms with Gasteiger partial charge in [0.1, 0.15) is 0 Å². The number of hydrogen-bond donors (Lipinski definition) is 0. The van der Waals surface area contributed by atoms with Gasteiger partial charge in [0.25, 0.3) is 0 Å². The van der Waals surface area contributed by atoms with Crippen LogP contribution in [0.3, 0.4) is 0 Å². The average molecular weight is 226 g/mol. The molecule has 0 aliphatic heterocycles. The lowest BCUT2D eigenvalue weighted by molar-refractivity contribution is -0.417. The number of carbonyl (C=O) groups excluding carboxylic acids is 1. The van der Waals surface area contributed by atoms with Gasteiger partial charge in [-0.1, -0.05) is 23.7 Å². The number of allylic oxidation sites excluding steroid dienone is 1. The van der Waals surface area contributed by atoms with Crippen LogP contribution in [0.25, 0.3) is 6.08 Å². The van der Waals surface area contributed by atoms with Gasteiger partial charge >= 0.3 is 5.70 Å². The number of halogens is 1. The van der Waals surface area contributed by atoms with Crippen LogP contribution in [0.2, 0.25) is 5.02 Å². The second kappa shape index (κ2) is 4.70. The molecule has 0 amide bonds. The first-order valence-electron chi connectivity index (χ1n) is 4.13. The summed E-state index contributed by atoms with van der Waals surface area (Å²) in [7, 11) is 0. The summed E-state index contributed by atoms with van der Waals surface area (Å²) < 4.78 is 0. The highest BCUT2D eigenvalue weighted by Gasteiger charge is 2.16. The lowest BCUT2D eigenvalue weighted by Gasteiger charge is -1.95. The zero-order valence-electron chi connectivity index (χ0n) is 7.94. The van der Waals surface area contributed by atoms with Gasteiger partial charge in [0, 0.05) is 18.0 Å². The zero-order chi connectivity index (χ0) is 11.4. The first-order chi connectivity index (χ1) is 7.00. The molecule has 0 atom stereocenters. The summed E-state index contributed by atoms with van der Waals surface area (Å²) in [6, 6.07) is 6.50. The van der Waals surface area contributed by atoms with E-state index in [4.69, 9.17) is 11.6 Å². The van der Waals surface area contributed by atoms with E-state index in [-0.39, 0.29) is 0 Å². The Morgan fingerprint density at radius 3 is 2.67 bits per heavy atom. The van der Waals surface area contributed by atoms with Crippen LogP contribution in [0.4, 0.5) is 0 Å². The smallest absolute Gasteiger partial charge is 0.288 e. The predicted octanol–water partition coefficient (Wildman–Crippen LogP) is 2.55. The Hall–Kier alpha value is -1.68. The molecular formula is C10H8ClNO3. The number of nitro groups is 1. The fraction of sp³-hybridized carbons (Fsp3) is 0.100. The fourth-order valence-corrected chi connectivity index (χ4v) is 1.24. The molecule has 78 valence electrons. The van der Waals surface area contributed by atoms with Crippen LogP contribution in [-0.2, 0) is 4.79 Å². The highest BCUT2D eigenvalue weighted by atomic mass is 35.5. The molecule has 0 radical (unpaired) electrons. The average Bonchev–Trinajstić information content (AvgIpc) is 2.13. The molecule has 0 aromatic heterocycles. The third kappa shape index (κ3) is 3.18. The Balaban J connectivity index is 3.13. The van der Waals surface area contributed by atoms with Crippen molar-refractivity contribution in [2.45, 2.75) is 6.92 Å². The van der Waals surface area contributed by atoms with E-state index in [1.165, 1.54) is 6.08 Å². The van der Waals surface area contributed by atoms with Crippen molar-refractivity contribution in [3.05, 3.63) is 50.7 Å². The highest BCUT2D eigenvalue weighted by molar-refractivity contribution is 6.30. The number of benzene rings is 1. The molecule has 0 bridgehead atoms. The second-order valence-corrected chi connectivity index (χ2v) is 3.33. The van der Waals surface area contributed by atoms with Crippen LogP contribution < -0.4 is 0 Å². The number of nitrogens with zero attached hydrogens (tertiary/aromatic N) is 1. The van der Waals surface area contributed by atoms with Crippen molar-refractivity contribution in [3.63, 3.8) is 0 Å². The molecule has 0 saturated heterocycles. The van der Waals surface area contributed by atoms with E-state index >= 15 is 0 Å². The summed E-state index contributed by atoms with van der Waals surface area (Å²) in [6.45, 7) is 1.15. The summed E-state index contributed by atoms with van der Waals surface area (Å²) in [5.41, 5.74) is 0.0849. The van der Waals surface area contributed by atoms with E-state index in [0.717, 1.165) is 6.92 Å². The maximum atomic E-state index is 10.9. The summed E-state index contributed by atoms with van der Waals surface area (Å²) >= 11 is 5.70. The van der Waals surface area contributed by atoms with Gasteiger partial charge in [-0.2, -0.15) is 0 Å². The van der Waals surface area contributed by atoms with Crippen molar-refractivity contribution < 1.29 is 9.72 Å². The van der Waals surface area contributed by atoms with Gasteiger partial charge in [0.15, 0.2) is 0 Å². The maximum Gasteiger partial charge on any atom is 0.312 e. The Morgan fingerprint density at radius 2 is 2.20 bits per heavy atom. The molecule has 0 spiro atoms. The van der Waals surface area contributed by atoms with Crippen molar-refractivity contribution in [3.8, 4) is 0 Å². The fourth-order valence-electron chi connectivity index (χ4n) is 1.04. The minimum Gasteiger partial charge on any atom is -0.288 e. The van der Waals surface area contributed by atoms with Gasteiger partial charge in [0.05, 0.1) is 4.92 Å². The van der Waals surface area contributed by atoms with Crippen LogP contribution in [0, 0.1) is 10.1 Å². The summed E-state index contributed by atoms with van der Waals surface area (Å²) in [5, 5.41) is 11.0. The Bertz CT molecular complexity index is 424. The van der Waals surface area contributed by atoms with E-state index in [1.54, 1.807) is 24.3 Å². The number of rotatable bonds is 3. The van der Waals surface area contributed by atoms with Gasteiger partial charge in [-0.3, -0.25) is 14.9 Å². The largest absolute Gasteiger partial charge is 0.312 e. The Kier molecular flexibility index (Phi) is 3.57. The van der Waals surface area contributed by atoms with Gasteiger partial charge < -0.3 is 0 Å². The third-order valence-electron chi connectivity index (χ3n) is 1.71. The Labute approximate surface area is 91.3 Å². The van der Waals surface area contributed by atoms with E-state index in [1.807, 2.05) is 0 Å². The maximum absolute atomic E-state index is 10.9. The molecule has 0 heterocycles. The van der Waals surface area contributed by atoms with Crippen LogP contribution in [0.1, 0.15) is 12.5 Å². The number of ketones is 1. The molecule has 0 saturated carbocycles. The Morgan fingerprint density at radius 1 is 1.53 bits per heavy atom. The van der Waals surface area contributed by atoms with E-state index in [0.29, 0.717) is 10.6 Å². The summed E-state index contributed by atoms with van der Waals surface area (Å²) in [6.07, 6.45) is 1.20. The summed E-state index contributed by atoms with van der Waals surface area (Å²) in [4.78, 5) is 20.7. The number of Topliss-reactive ketones (excluding diaryl/α,β-unsaturated/α-hetero) is 1. The third-order valence-corrected chi connectivity index (χ3v) is 1.94. The predicted molar refractivity (Wildman–Crippen MR) is 57.1 cm³/mol. The quantitative estimate of drug-likeness (QED) is 0.451. The number of hydrogen-bond acceptors (Lipinski definition) is 3. The van der Waals surface area contributed by atoms with E-state index < -0.39 is 16.4 Å². The van der Waals surface area contributed by atoms with Crippen LogP contribution in [0.15, 0.2) is 30.0 Å². The van der Waals surface area contributed by atoms with Crippen molar-refractivity contribution in [1.82, 2.24) is 0 Å². The minimum atomic E-state index is -0.705. The SMILES string of the molecule is CC(=O)/C(=C/c1cccc(Cl)c1)[N+](=O)[O-]. The molecular weight excluding hydrogens is 218 g/mol. The first kappa shape index (κ1) is 11.4. The monoisotopic (exact) mass is 225 g/mol. The minimum absolute atomic E-state index is 0.447. The normalized spacial score (nSPS) is 11.2. The van der Waals surface area contributed by atoms with Gasteiger partial charge in [-0.05, 0) is 17.7 Å². The highest BCUT2D eigenvalue weighted by Crippen LogP contribution is 2.14. The van der Waals surface area contributed by atoms with Crippen LogP contribution >= 0.6 is 11.6 Å². The van der Waals surface area contributed by atoms with Crippen LogP contribution in [0.5, 0.6) is 0 Å². The molecule has 1 aromatic rings. The van der Waals surface area contributed by atoms with E-state index in [9.17, 15) is 14.9 Å². The molecule has 0 N–H and O–H groups in total. The van der Waals surface area contributed by atoms with Crippen molar-refractivity contribution in [2.24, 2.45) is 0 Å². The molecule has 0 fully saturated rings. The van der Waals surface area contributed by atoms with Crippen LogP contribution in [-0.4, -0.2) is 10.7 Å². The lowest BCUT2D eigenvalue weighted by Crippen LogP contribution is -2.07. The topological polar surface area (TPSA) is 60.2 Å². The van der Waals surface area contributed by atoms with Gasteiger partial charge in [-0.25, -0.2) is 0 Å². The molecule has 0 aliphatic rings. The molecule has 15 heavy (non-hydrogen) atoms. The molecule has 5 heteroatoms. The first-order valence-corrected chi connectivity index (χ1v) is 4.51. The molecule has 1 rings (SSSR count). The van der Waals surface area contributed by atoms with Gasteiger partial charge in [-0.15, -0.1) is 0 Å². The molecule has 1 aromatic carbocycles. The van der Waals surface area contributed by atoms with E-state index in [2.05, 4.69) is 0 Å². The zero-order valence-corrected chi connectivity index (χ0v) is 8.69. The van der Waals surface area contributed by atoms with Crippen molar-refractivity contribution in [2.75, 3.05) is 0 Å².